The minimum absolute atomic E-state index is 0.310. The summed E-state index contributed by atoms with van der Waals surface area (Å²) in [6, 6.07) is 9.64. The van der Waals surface area contributed by atoms with Gasteiger partial charge in [-0.1, -0.05) is 31.2 Å². The molecule has 0 aliphatic rings. The second-order valence-electron chi connectivity index (χ2n) is 5.60. The second-order valence-corrected chi connectivity index (χ2v) is 6.46. The van der Waals surface area contributed by atoms with Gasteiger partial charge < -0.3 is 9.15 Å². The maximum atomic E-state index is 12.0. The molecule has 0 spiro atoms. The summed E-state index contributed by atoms with van der Waals surface area (Å²) in [5.74, 6) is -0.585. The number of esters is 1. The highest BCUT2D eigenvalue weighted by atomic mass is 32.1. The lowest BCUT2D eigenvalue weighted by molar-refractivity contribution is -0.119. The Labute approximate surface area is 154 Å². The molecule has 1 amide bonds. The number of carbonyl (C=O) groups is 2. The predicted molar refractivity (Wildman–Crippen MR) is 99.3 cm³/mol. The molecule has 0 radical (unpaired) electrons. The van der Waals surface area contributed by atoms with Gasteiger partial charge in [0.25, 0.3) is 5.91 Å². The molecule has 7 heteroatoms. The van der Waals surface area contributed by atoms with Crippen molar-refractivity contribution in [3.05, 3.63) is 58.9 Å². The Balaban J connectivity index is 1.55. The number of ether oxygens (including phenoxy) is 1. The Hall–Kier alpha value is -2.93. The van der Waals surface area contributed by atoms with Crippen LogP contribution in [0.25, 0.3) is 11.3 Å². The molecule has 1 aromatic carbocycles. The van der Waals surface area contributed by atoms with Gasteiger partial charge in [-0.15, -0.1) is 11.3 Å². The summed E-state index contributed by atoms with van der Waals surface area (Å²) in [5.41, 5.74) is 3.34. The zero-order valence-corrected chi connectivity index (χ0v) is 15.3. The first kappa shape index (κ1) is 17.9. The molecule has 1 N–H and O–H groups in total. The Morgan fingerprint density at radius 3 is 2.65 bits per heavy atom. The van der Waals surface area contributed by atoms with E-state index in [0.717, 1.165) is 17.7 Å². The van der Waals surface area contributed by atoms with Gasteiger partial charge in [-0.3, -0.25) is 10.1 Å². The van der Waals surface area contributed by atoms with Crippen molar-refractivity contribution in [2.24, 2.45) is 0 Å². The van der Waals surface area contributed by atoms with Crippen molar-refractivity contribution in [3.63, 3.8) is 0 Å². The molecule has 0 saturated carbocycles. The standard InChI is InChI=1S/C19H18N2O4S/c1-3-13-4-6-14(7-5-13)16-11-26-19(20-16)21-17(22)10-25-18(23)15-8-9-24-12(15)2/h4-9,11H,3,10H2,1-2H3,(H,20,21,22). The van der Waals surface area contributed by atoms with Crippen LogP contribution in [-0.4, -0.2) is 23.5 Å². The average Bonchev–Trinajstić information content (AvgIpc) is 3.29. The van der Waals surface area contributed by atoms with Crippen molar-refractivity contribution >= 4 is 28.3 Å². The maximum Gasteiger partial charge on any atom is 0.342 e. The van der Waals surface area contributed by atoms with Gasteiger partial charge in [0.05, 0.1) is 12.0 Å². The van der Waals surface area contributed by atoms with Crippen molar-refractivity contribution in [2.75, 3.05) is 11.9 Å². The molecule has 134 valence electrons. The van der Waals surface area contributed by atoms with Crippen molar-refractivity contribution < 1.29 is 18.7 Å². The van der Waals surface area contributed by atoms with Crippen molar-refractivity contribution in [3.8, 4) is 11.3 Å². The third kappa shape index (κ3) is 4.18. The molecule has 6 nitrogen and oxygen atoms in total. The van der Waals surface area contributed by atoms with Crippen molar-refractivity contribution in [1.82, 2.24) is 4.98 Å². The fraction of sp³-hybridized carbons (Fsp3) is 0.211. The number of furan rings is 1. The zero-order valence-electron chi connectivity index (χ0n) is 14.4. The van der Waals surface area contributed by atoms with Crippen LogP contribution in [0.1, 0.15) is 28.6 Å². The molecular weight excluding hydrogens is 352 g/mol. The van der Waals surface area contributed by atoms with E-state index < -0.39 is 11.9 Å². The molecule has 0 fully saturated rings. The van der Waals surface area contributed by atoms with Gasteiger partial charge in [-0.2, -0.15) is 0 Å². The Bertz CT molecular complexity index is 912. The van der Waals surface area contributed by atoms with E-state index >= 15 is 0 Å². The summed E-state index contributed by atoms with van der Waals surface area (Å²) >= 11 is 1.32. The van der Waals surface area contributed by atoms with E-state index in [-0.39, 0.29) is 6.61 Å². The SMILES string of the molecule is CCc1ccc(-c2csc(NC(=O)COC(=O)c3ccoc3C)n2)cc1. The van der Waals surface area contributed by atoms with Crippen LogP contribution in [0, 0.1) is 6.92 Å². The number of nitrogens with one attached hydrogen (secondary N) is 1. The van der Waals surface area contributed by atoms with Crippen molar-refractivity contribution in [2.45, 2.75) is 20.3 Å². The van der Waals surface area contributed by atoms with Gasteiger partial charge in [0.1, 0.15) is 11.3 Å². The molecule has 0 unspecified atom stereocenters. The van der Waals surface area contributed by atoms with E-state index in [9.17, 15) is 9.59 Å². The minimum atomic E-state index is -0.595. The number of rotatable bonds is 6. The van der Waals surface area contributed by atoms with Crippen LogP contribution < -0.4 is 5.32 Å². The molecule has 0 aliphatic heterocycles. The molecule has 0 saturated heterocycles. The largest absolute Gasteiger partial charge is 0.469 e. The lowest BCUT2D eigenvalue weighted by Crippen LogP contribution is -2.20. The number of benzene rings is 1. The molecule has 0 atom stereocenters. The van der Waals surface area contributed by atoms with Crippen LogP contribution in [0.3, 0.4) is 0 Å². The van der Waals surface area contributed by atoms with E-state index in [0.29, 0.717) is 16.5 Å². The highest BCUT2D eigenvalue weighted by molar-refractivity contribution is 7.14. The average molecular weight is 370 g/mol. The summed E-state index contributed by atoms with van der Waals surface area (Å²) < 4.78 is 10.0. The van der Waals surface area contributed by atoms with Crippen LogP contribution >= 0.6 is 11.3 Å². The third-order valence-corrected chi connectivity index (χ3v) is 4.58. The molecule has 3 aromatic rings. The van der Waals surface area contributed by atoms with E-state index in [2.05, 4.69) is 29.4 Å². The van der Waals surface area contributed by atoms with Crippen LogP contribution in [0.2, 0.25) is 0 Å². The number of carbonyl (C=O) groups excluding carboxylic acids is 2. The maximum absolute atomic E-state index is 12.0. The van der Waals surface area contributed by atoms with Gasteiger partial charge in [0.2, 0.25) is 0 Å². The summed E-state index contributed by atoms with van der Waals surface area (Å²) in [7, 11) is 0. The fourth-order valence-electron chi connectivity index (χ4n) is 2.34. The van der Waals surface area contributed by atoms with Gasteiger partial charge in [-0.25, -0.2) is 9.78 Å². The molecule has 0 bridgehead atoms. The van der Waals surface area contributed by atoms with Crippen molar-refractivity contribution in [1.29, 1.82) is 0 Å². The number of hydrogen-bond donors (Lipinski definition) is 1. The normalized spacial score (nSPS) is 10.5. The number of aryl methyl sites for hydroxylation is 2. The summed E-state index contributed by atoms with van der Waals surface area (Å²) in [5, 5.41) is 4.97. The molecule has 2 heterocycles. The Morgan fingerprint density at radius 1 is 1.23 bits per heavy atom. The lowest BCUT2D eigenvalue weighted by atomic mass is 10.1. The predicted octanol–water partition coefficient (Wildman–Crippen LogP) is 4.07. The number of thiazole rings is 1. The first-order chi connectivity index (χ1) is 12.6. The first-order valence-corrected chi connectivity index (χ1v) is 9.00. The quantitative estimate of drug-likeness (QED) is 0.662. The first-order valence-electron chi connectivity index (χ1n) is 8.12. The number of anilines is 1. The van der Waals surface area contributed by atoms with Crippen LogP contribution in [0.4, 0.5) is 5.13 Å². The molecular formula is C19H18N2O4S. The molecule has 3 rings (SSSR count). The van der Waals surface area contributed by atoms with Gasteiger partial charge >= 0.3 is 5.97 Å². The third-order valence-electron chi connectivity index (χ3n) is 3.82. The van der Waals surface area contributed by atoms with Gasteiger partial charge in [0, 0.05) is 10.9 Å². The smallest absolute Gasteiger partial charge is 0.342 e. The minimum Gasteiger partial charge on any atom is -0.469 e. The van der Waals surface area contributed by atoms with E-state index in [1.807, 2.05) is 17.5 Å². The highest BCUT2D eigenvalue weighted by Gasteiger charge is 2.15. The summed E-state index contributed by atoms with van der Waals surface area (Å²) in [6.45, 7) is 3.37. The Kier molecular flexibility index (Phi) is 5.48. The summed E-state index contributed by atoms with van der Waals surface area (Å²) in [4.78, 5) is 28.2. The molecule has 26 heavy (non-hydrogen) atoms. The number of hydrogen-bond acceptors (Lipinski definition) is 6. The highest BCUT2D eigenvalue weighted by Crippen LogP contribution is 2.25. The summed E-state index contributed by atoms with van der Waals surface area (Å²) in [6.07, 6.45) is 2.38. The number of nitrogens with zero attached hydrogens (tertiary/aromatic N) is 1. The number of aromatic nitrogens is 1. The van der Waals surface area contributed by atoms with Crippen LogP contribution in [0.5, 0.6) is 0 Å². The zero-order chi connectivity index (χ0) is 18.5. The molecule has 0 aliphatic carbocycles. The van der Waals surface area contributed by atoms with Crippen LogP contribution in [0.15, 0.2) is 46.4 Å². The van der Waals surface area contributed by atoms with Crippen LogP contribution in [-0.2, 0) is 16.0 Å². The van der Waals surface area contributed by atoms with E-state index in [1.54, 1.807) is 6.92 Å². The van der Waals surface area contributed by atoms with E-state index in [1.165, 1.54) is 29.2 Å². The molecule has 2 aromatic heterocycles. The fourth-order valence-corrected chi connectivity index (χ4v) is 3.07. The van der Waals surface area contributed by atoms with E-state index in [4.69, 9.17) is 9.15 Å². The number of amides is 1. The topological polar surface area (TPSA) is 81.4 Å². The lowest BCUT2D eigenvalue weighted by Gasteiger charge is -2.04. The Morgan fingerprint density at radius 2 is 2.00 bits per heavy atom. The van der Waals surface area contributed by atoms with Gasteiger partial charge in [0.15, 0.2) is 11.7 Å². The monoisotopic (exact) mass is 370 g/mol. The van der Waals surface area contributed by atoms with Gasteiger partial charge in [-0.05, 0) is 25.0 Å². The second kappa shape index (κ2) is 7.97.